The SMILES string of the molecule is CC(NCc1cc(Br)cc2c1NC(O)C(O)N2)P(=O)(O)O. The highest BCUT2D eigenvalue weighted by molar-refractivity contribution is 9.10. The molecule has 0 aromatic heterocycles. The van der Waals surface area contributed by atoms with Crippen LogP contribution in [0.1, 0.15) is 12.5 Å². The van der Waals surface area contributed by atoms with E-state index in [0.717, 1.165) is 4.47 Å². The average molecular weight is 382 g/mol. The van der Waals surface area contributed by atoms with Gasteiger partial charge in [-0.15, -0.1) is 0 Å². The quantitative estimate of drug-likeness (QED) is 0.375. The number of anilines is 2. The molecule has 0 saturated carbocycles. The second-order valence-corrected chi connectivity index (χ2v) is 7.68. The molecule has 2 rings (SSSR count). The van der Waals surface area contributed by atoms with E-state index in [9.17, 15) is 14.8 Å². The fraction of sp³-hybridized carbons (Fsp3) is 0.455. The van der Waals surface area contributed by atoms with E-state index in [2.05, 4.69) is 31.9 Å². The number of hydrogen-bond acceptors (Lipinski definition) is 6. The molecule has 1 heterocycles. The molecule has 1 aromatic rings. The van der Waals surface area contributed by atoms with Crippen LogP contribution in [-0.4, -0.2) is 38.2 Å². The number of benzene rings is 1. The van der Waals surface area contributed by atoms with Crippen molar-refractivity contribution in [2.45, 2.75) is 31.7 Å². The summed E-state index contributed by atoms with van der Waals surface area (Å²) in [7, 11) is -4.20. The molecule has 1 aliphatic heterocycles. The number of nitrogens with one attached hydrogen (secondary N) is 3. The van der Waals surface area contributed by atoms with E-state index in [4.69, 9.17) is 9.79 Å². The minimum absolute atomic E-state index is 0.186. The van der Waals surface area contributed by atoms with E-state index in [0.29, 0.717) is 16.9 Å². The van der Waals surface area contributed by atoms with Crippen molar-refractivity contribution >= 4 is 34.9 Å². The number of hydrogen-bond donors (Lipinski definition) is 7. The van der Waals surface area contributed by atoms with Gasteiger partial charge in [-0.2, -0.15) is 0 Å². The number of aliphatic hydroxyl groups is 2. The first-order chi connectivity index (χ1) is 9.68. The van der Waals surface area contributed by atoms with Crippen molar-refractivity contribution < 1.29 is 24.6 Å². The highest BCUT2D eigenvalue weighted by Crippen LogP contribution is 2.40. The molecule has 0 saturated heterocycles. The van der Waals surface area contributed by atoms with Gasteiger partial charge in [0.15, 0.2) is 12.5 Å². The Morgan fingerprint density at radius 3 is 2.57 bits per heavy atom. The van der Waals surface area contributed by atoms with E-state index in [1.54, 1.807) is 12.1 Å². The molecule has 1 aromatic carbocycles. The lowest BCUT2D eigenvalue weighted by molar-refractivity contribution is 0.0527. The van der Waals surface area contributed by atoms with Gasteiger partial charge in [-0.3, -0.25) is 9.88 Å². The van der Waals surface area contributed by atoms with Crippen molar-refractivity contribution in [1.29, 1.82) is 0 Å². The third-order valence-electron chi connectivity index (χ3n) is 3.17. The van der Waals surface area contributed by atoms with Crippen LogP contribution in [0.3, 0.4) is 0 Å². The van der Waals surface area contributed by atoms with Gasteiger partial charge in [0.05, 0.1) is 11.4 Å². The zero-order chi connectivity index (χ0) is 15.8. The fourth-order valence-corrected chi connectivity index (χ4v) is 2.76. The van der Waals surface area contributed by atoms with Crippen LogP contribution in [0.15, 0.2) is 16.6 Å². The van der Waals surface area contributed by atoms with E-state index in [1.165, 1.54) is 6.92 Å². The first-order valence-electron chi connectivity index (χ1n) is 6.18. The topological polar surface area (TPSA) is 134 Å². The summed E-state index contributed by atoms with van der Waals surface area (Å²) in [4.78, 5) is 18.1. The van der Waals surface area contributed by atoms with Gasteiger partial charge in [0.2, 0.25) is 0 Å². The lowest BCUT2D eigenvalue weighted by atomic mass is 10.1. The van der Waals surface area contributed by atoms with Gasteiger partial charge in [-0.25, -0.2) is 0 Å². The van der Waals surface area contributed by atoms with Gasteiger partial charge in [-0.1, -0.05) is 15.9 Å². The highest BCUT2D eigenvalue weighted by atomic mass is 79.9. The van der Waals surface area contributed by atoms with Crippen LogP contribution in [0.5, 0.6) is 0 Å². The van der Waals surface area contributed by atoms with Crippen LogP contribution < -0.4 is 16.0 Å². The van der Waals surface area contributed by atoms with Crippen LogP contribution in [-0.2, 0) is 11.1 Å². The zero-order valence-electron chi connectivity index (χ0n) is 11.1. The summed E-state index contributed by atoms with van der Waals surface area (Å²) >= 11 is 3.33. The summed E-state index contributed by atoms with van der Waals surface area (Å²) < 4.78 is 11.9. The predicted molar refractivity (Wildman–Crippen MR) is 81.7 cm³/mol. The molecule has 118 valence electrons. The summed E-state index contributed by atoms with van der Waals surface area (Å²) in [5.74, 6) is -0.987. The minimum atomic E-state index is -4.20. The number of rotatable bonds is 4. The summed E-state index contributed by atoms with van der Waals surface area (Å²) in [6.07, 6.45) is -2.31. The van der Waals surface area contributed by atoms with Gasteiger partial charge in [0.25, 0.3) is 0 Å². The van der Waals surface area contributed by atoms with Crippen LogP contribution >= 0.6 is 23.5 Å². The van der Waals surface area contributed by atoms with Crippen LogP contribution in [0, 0.1) is 0 Å². The smallest absolute Gasteiger partial charge is 0.342 e. The molecule has 0 spiro atoms. The zero-order valence-corrected chi connectivity index (χ0v) is 13.6. The highest BCUT2D eigenvalue weighted by Gasteiger charge is 2.27. The molecule has 7 N–H and O–H groups in total. The average Bonchev–Trinajstić information content (AvgIpc) is 2.36. The maximum atomic E-state index is 11.1. The van der Waals surface area contributed by atoms with Crippen molar-refractivity contribution in [3.05, 3.63) is 22.2 Å². The Bertz CT molecular complexity index is 581. The van der Waals surface area contributed by atoms with Crippen molar-refractivity contribution in [3.8, 4) is 0 Å². The minimum Gasteiger partial charge on any atom is -0.369 e. The molecule has 0 bridgehead atoms. The molecule has 3 atom stereocenters. The number of fused-ring (bicyclic) bond motifs is 1. The molecule has 1 aliphatic rings. The molecular weight excluding hydrogens is 365 g/mol. The second-order valence-electron chi connectivity index (χ2n) is 4.81. The molecule has 0 radical (unpaired) electrons. The van der Waals surface area contributed by atoms with Gasteiger partial charge in [0.1, 0.15) is 5.78 Å². The summed E-state index contributed by atoms with van der Waals surface area (Å²) in [5, 5.41) is 27.5. The first kappa shape index (κ1) is 16.7. The Labute approximate surface area is 129 Å². The van der Waals surface area contributed by atoms with Gasteiger partial charge < -0.3 is 30.6 Å². The van der Waals surface area contributed by atoms with E-state index < -0.39 is 25.8 Å². The summed E-state index contributed by atoms with van der Waals surface area (Å²) in [6, 6.07) is 3.49. The third kappa shape index (κ3) is 3.95. The molecule has 21 heavy (non-hydrogen) atoms. The maximum absolute atomic E-state index is 11.1. The molecule has 8 nitrogen and oxygen atoms in total. The van der Waals surface area contributed by atoms with Crippen LogP contribution in [0.2, 0.25) is 0 Å². The number of aliphatic hydroxyl groups excluding tert-OH is 2. The van der Waals surface area contributed by atoms with Crippen molar-refractivity contribution in [2.75, 3.05) is 10.6 Å². The standard InChI is InChI=1S/C11H17BrN3O5P/c1-5(21(18,19)20)13-4-6-2-7(12)3-8-9(6)15-11(17)10(16)14-8/h2-3,5,10-11,13-17H,4H2,1H3,(H2,18,19,20). The number of halogens is 1. The molecule has 10 heteroatoms. The lowest BCUT2D eigenvalue weighted by Crippen LogP contribution is -2.43. The monoisotopic (exact) mass is 381 g/mol. The second kappa shape index (κ2) is 6.21. The van der Waals surface area contributed by atoms with E-state index >= 15 is 0 Å². The molecule has 0 fully saturated rings. The molecule has 0 aliphatic carbocycles. The summed E-state index contributed by atoms with van der Waals surface area (Å²) in [6.45, 7) is 1.58. The first-order valence-corrected chi connectivity index (χ1v) is 8.66. The largest absolute Gasteiger partial charge is 0.369 e. The third-order valence-corrected chi connectivity index (χ3v) is 4.82. The predicted octanol–water partition coefficient (Wildman–Crippen LogP) is 0.537. The summed E-state index contributed by atoms with van der Waals surface area (Å²) in [5.41, 5.74) is 1.85. The van der Waals surface area contributed by atoms with Gasteiger partial charge in [0, 0.05) is 11.0 Å². The fourth-order valence-electron chi connectivity index (χ4n) is 1.93. The van der Waals surface area contributed by atoms with E-state index in [-0.39, 0.29) is 6.54 Å². The normalized spacial score (nSPS) is 23.0. The maximum Gasteiger partial charge on any atom is 0.342 e. The Hall–Kier alpha value is -0.670. The molecule has 0 amide bonds. The Balaban J connectivity index is 2.22. The Kier molecular flexibility index (Phi) is 4.94. The van der Waals surface area contributed by atoms with Crippen molar-refractivity contribution in [1.82, 2.24) is 5.32 Å². The van der Waals surface area contributed by atoms with E-state index in [1.807, 2.05) is 0 Å². The van der Waals surface area contributed by atoms with Crippen molar-refractivity contribution in [2.24, 2.45) is 0 Å². The lowest BCUT2D eigenvalue weighted by Gasteiger charge is -2.31. The van der Waals surface area contributed by atoms with Crippen molar-refractivity contribution in [3.63, 3.8) is 0 Å². The van der Waals surface area contributed by atoms with Crippen LogP contribution in [0.25, 0.3) is 0 Å². The Morgan fingerprint density at radius 1 is 1.33 bits per heavy atom. The van der Waals surface area contributed by atoms with Crippen LogP contribution in [0.4, 0.5) is 11.4 Å². The molecule has 3 unspecified atom stereocenters. The molecular formula is C11H17BrN3O5P. The van der Waals surface area contributed by atoms with Gasteiger partial charge in [-0.05, 0) is 24.6 Å². The van der Waals surface area contributed by atoms with Gasteiger partial charge >= 0.3 is 7.60 Å². The Morgan fingerprint density at radius 2 is 1.95 bits per heavy atom.